The fourth-order valence-corrected chi connectivity index (χ4v) is 4.58. The minimum absolute atomic E-state index is 0.0127. The molecule has 114 valence electrons. The summed E-state index contributed by atoms with van der Waals surface area (Å²) < 4.78 is 35.6. The van der Waals surface area contributed by atoms with E-state index in [0.29, 0.717) is 11.0 Å². The van der Waals surface area contributed by atoms with Gasteiger partial charge in [-0.25, -0.2) is 13.1 Å². The summed E-state index contributed by atoms with van der Waals surface area (Å²) in [6.45, 7) is 0.261. The van der Waals surface area contributed by atoms with E-state index >= 15 is 0 Å². The molecule has 0 spiro atoms. The number of aliphatic hydroxyl groups excluding tert-OH is 1. The minimum Gasteiger partial charge on any atom is -0.393 e. The Hall–Kier alpha value is -1.09. The molecule has 1 saturated carbocycles. The van der Waals surface area contributed by atoms with Gasteiger partial charge in [0.1, 0.15) is 15.9 Å². The van der Waals surface area contributed by atoms with Crippen molar-refractivity contribution in [3.8, 4) is 0 Å². The molecule has 2 atom stereocenters. The van der Waals surface area contributed by atoms with Gasteiger partial charge in [-0.15, -0.1) is 0 Å². The fraction of sp³-hybridized carbons (Fsp3) is 0.538. The molecule has 1 heterocycles. The molecule has 3 rings (SSSR count). The predicted molar refractivity (Wildman–Crippen MR) is 80.6 cm³/mol. The van der Waals surface area contributed by atoms with E-state index in [1.807, 2.05) is 0 Å². The number of nitrogens with one attached hydrogen (secondary N) is 1. The lowest BCUT2D eigenvalue weighted by Gasteiger charge is -2.27. The zero-order valence-electron chi connectivity index (χ0n) is 11.4. The smallest absolute Gasteiger partial charge is 0.242 e. The van der Waals surface area contributed by atoms with Gasteiger partial charge >= 0.3 is 0 Å². The summed E-state index contributed by atoms with van der Waals surface area (Å²) in [4.78, 5) is 0.152. The van der Waals surface area contributed by atoms with E-state index in [0.717, 1.165) is 37.4 Å². The molecular weight excluding hydrogens is 310 g/mol. The third-order valence-electron chi connectivity index (χ3n) is 3.94. The average Bonchev–Trinajstić information content (AvgIpc) is 2.94. The number of hydrogen-bond acceptors (Lipinski definition) is 6. The standard InChI is InChI=1S/C13H17N3O3S2/c17-11-6-2-1-4-9(11)8-14-21(18,19)12-7-3-5-10-13(12)16-20-15-10/h3,5,7,9,11,14,17H,1-2,4,6,8H2. The van der Waals surface area contributed by atoms with Gasteiger partial charge in [0.15, 0.2) is 0 Å². The quantitative estimate of drug-likeness (QED) is 0.888. The highest BCUT2D eigenvalue weighted by molar-refractivity contribution is 7.89. The lowest BCUT2D eigenvalue weighted by Crippen LogP contribution is -2.36. The number of sulfonamides is 1. The third-order valence-corrected chi connectivity index (χ3v) is 5.94. The van der Waals surface area contributed by atoms with Gasteiger partial charge in [0, 0.05) is 6.54 Å². The van der Waals surface area contributed by atoms with Crippen molar-refractivity contribution < 1.29 is 13.5 Å². The maximum Gasteiger partial charge on any atom is 0.242 e. The van der Waals surface area contributed by atoms with Gasteiger partial charge in [0.05, 0.1) is 17.8 Å². The first-order valence-corrected chi connectivity index (χ1v) is 9.18. The van der Waals surface area contributed by atoms with Crippen LogP contribution in [0.3, 0.4) is 0 Å². The van der Waals surface area contributed by atoms with Crippen LogP contribution in [-0.4, -0.2) is 34.9 Å². The van der Waals surface area contributed by atoms with E-state index < -0.39 is 16.1 Å². The van der Waals surface area contributed by atoms with Crippen LogP contribution in [-0.2, 0) is 10.0 Å². The molecule has 0 amide bonds. The molecule has 1 fully saturated rings. The molecule has 0 radical (unpaired) electrons. The zero-order chi connectivity index (χ0) is 14.9. The van der Waals surface area contributed by atoms with Crippen molar-refractivity contribution in [2.45, 2.75) is 36.7 Å². The molecule has 2 unspecified atom stereocenters. The predicted octanol–water partition coefficient (Wildman–Crippen LogP) is 1.52. The van der Waals surface area contributed by atoms with Crippen molar-refractivity contribution in [1.29, 1.82) is 0 Å². The van der Waals surface area contributed by atoms with E-state index in [1.54, 1.807) is 12.1 Å². The Morgan fingerprint density at radius 3 is 2.90 bits per heavy atom. The zero-order valence-corrected chi connectivity index (χ0v) is 13.0. The molecule has 0 saturated heterocycles. The van der Waals surface area contributed by atoms with Crippen molar-refractivity contribution in [2.75, 3.05) is 6.54 Å². The molecule has 0 bridgehead atoms. The Bertz CT molecular complexity index is 729. The van der Waals surface area contributed by atoms with Crippen LogP contribution in [0.25, 0.3) is 11.0 Å². The number of rotatable bonds is 4. The van der Waals surface area contributed by atoms with Crippen molar-refractivity contribution in [3.05, 3.63) is 18.2 Å². The minimum atomic E-state index is -3.64. The SMILES string of the molecule is O=S(=O)(NCC1CCCCC1O)c1cccc2nsnc12. The summed E-state index contributed by atoms with van der Waals surface area (Å²) in [5.41, 5.74) is 0.986. The molecule has 6 nitrogen and oxygen atoms in total. The third kappa shape index (κ3) is 3.08. The van der Waals surface area contributed by atoms with Gasteiger partial charge in [-0.1, -0.05) is 18.9 Å². The van der Waals surface area contributed by atoms with Crippen LogP contribution in [0.5, 0.6) is 0 Å². The van der Waals surface area contributed by atoms with Crippen molar-refractivity contribution >= 4 is 32.8 Å². The van der Waals surface area contributed by atoms with Crippen LogP contribution in [0.2, 0.25) is 0 Å². The van der Waals surface area contributed by atoms with Gasteiger partial charge < -0.3 is 5.11 Å². The van der Waals surface area contributed by atoms with E-state index in [-0.39, 0.29) is 17.4 Å². The van der Waals surface area contributed by atoms with Gasteiger partial charge in [-0.3, -0.25) is 0 Å². The summed E-state index contributed by atoms with van der Waals surface area (Å²) in [6, 6.07) is 4.93. The maximum atomic E-state index is 12.4. The molecule has 21 heavy (non-hydrogen) atoms. The first-order chi connectivity index (χ1) is 10.1. The van der Waals surface area contributed by atoms with Crippen LogP contribution in [0.1, 0.15) is 25.7 Å². The molecule has 1 aliphatic rings. The summed E-state index contributed by atoms with van der Waals surface area (Å²) in [7, 11) is -3.64. The number of aliphatic hydroxyl groups is 1. The Kier molecular flexibility index (Phi) is 4.21. The molecule has 1 aromatic heterocycles. The molecule has 8 heteroatoms. The number of aromatic nitrogens is 2. The summed E-state index contributed by atoms with van der Waals surface area (Å²) in [5, 5.41) is 9.92. The van der Waals surface area contributed by atoms with E-state index in [9.17, 15) is 13.5 Å². The van der Waals surface area contributed by atoms with Gasteiger partial charge in [-0.05, 0) is 30.9 Å². The molecular formula is C13H17N3O3S2. The molecule has 2 aromatic rings. The highest BCUT2D eigenvalue weighted by Gasteiger charge is 2.26. The van der Waals surface area contributed by atoms with Crippen molar-refractivity contribution in [3.63, 3.8) is 0 Å². The first kappa shape index (κ1) is 14.8. The highest BCUT2D eigenvalue weighted by atomic mass is 32.2. The fourth-order valence-electron chi connectivity index (χ4n) is 2.72. The largest absolute Gasteiger partial charge is 0.393 e. The van der Waals surface area contributed by atoms with Crippen molar-refractivity contribution in [1.82, 2.24) is 13.5 Å². The highest BCUT2D eigenvalue weighted by Crippen LogP contribution is 2.25. The van der Waals surface area contributed by atoms with Gasteiger partial charge in [0.25, 0.3) is 0 Å². The van der Waals surface area contributed by atoms with E-state index in [2.05, 4.69) is 13.5 Å². The van der Waals surface area contributed by atoms with E-state index in [1.165, 1.54) is 6.07 Å². The Morgan fingerprint density at radius 2 is 2.10 bits per heavy atom. The molecule has 1 aromatic carbocycles. The van der Waals surface area contributed by atoms with Crippen LogP contribution >= 0.6 is 11.7 Å². The van der Waals surface area contributed by atoms with Crippen LogP contribution < -0.4 is 4.72 Å². The first-order valence-electron chi connectivity index (χ1n) is 6.97. The second-order valence-electron chi connectivity index (χ2n) is 5.35. The van der Waals surface area contributed by atoms with Crippen LogP contribution in [0.4, 0.5) is 0 Å². The number of benzene rings is 1. The van der Waals surface area contributed by atoms with Gasteiger partial charge in [0.2, 0.25) is 10.0 Å². The molecule has 0 aliphatic heterocycles. The Balaban J connectivity index is 1.79. The summed E-state index contributed by atoms with van der Waals surface area (Å²) in [6.07, 6.45) is 3.23. The number of fused-ring (bicyclic) bond motifs is 1. The van der Waals surface area contributed by atoms with Crippen LogP contribution in [0.15, 0.2) is 23.1 Å². The van der Waals surface area contributed by atoms with Crippen molar-refractivity contribution in [2.24, 2.45) is 5.92 Å². The number of hydrogen-bond donors (Lipinski definition) is 2. The van der Waals surface area contributed by atoms with E-state index in [4.69, 9.17) is 0 Å². The normalized spacial score (nSPS) is 23.5. The lowest BCUT2D eigenvalue weighted by molar-refractivity contribution is 0.0724. The summed E-state index contributed by atoms with van der Waals surface area (Å²) in [5.74, 6) is -0.0127. The second-order valence-corrected chi connectivity index (χ2v) is 7.62. The topological polar surface area (TPSA) is 92.2 Å². The average molecular weight is 327 g/mol. The summed E-state index contributed by atoms with van der Waals surface area (Å²) >= 11 is 0.997. The Labute approximate surface area is 127 Å². The van der Waals surface area contributed by atoms with Gasteiger partial charge in [-0.2, -0.15) is 8.75 Å². The molecule has 1 aliphatic carbocycles. The van der Waals surface area contributed by atoms with Crippen LogP contribution in [0, 0.1) is 5.92 Å². The lowest BCUT2D eigenvalue weighted by atomic mass is 9.87. The second kappa shape index (κ2) is 5.96. The monoisotopic (exact) mass is 327 g/mol. The number of nitrogens with zero attached hydrogens (tertiary/aromatic N) is 2. The Morgan fingerprint density at radius 1 is 1.29 bits per heavy atom. The maximum absolute atomic E-state index is 12.4. The molecule has 2 N–H and O–H groups in total.